The molecule has 0 aliphatic carbocycles. The van der Waals surface area contributed by atoms with Gasteiger partial charge in [0, 0.05) is 22.8 Å². The number of amides is 2. The van der Waals surface area contributed by atoms with E-state index in [0.29, 0.717) is 22.8 Å². The molecule has 0 fully saturated rings. The second-order valence-electron chi connectivity index (χ2n) is 7.94. The molecule has 0 aliphatic rings. The number of hydrogen-bond acceptors (Lipinski definition) is 2. The van der Waals surface area contributed by atoms with E-state index in [0.717, 1.165) is 27.6 Å². The van der Waals surface area contributed by atoms with Crippen molar-refractivity contribution >= 4 is 34.2 Å². The number of halogens is 1. The first kappa shape index (κ1) is 21.7. The molecule has 32 heavy (non-hydrogen) atoms. The third-order valence-corrected chi connectivity index (χ3v) is 5.65. The number of H-pyrrole nitrogens is 1. The summed E-state index contributed by atoms with van der Waals surface area (Å²) in [6.45, 7) is 4.52. The Morgan fingerprint density at radius 3 is 2.41 bits per heavy atom. The van der Waals surface area contributed by atoms with Crippen molar-refractivity contribution in [2.45, 2.75) is 26.9 Å². The number of pyridine rings is 1. The van der Waals surface area contributed by atoms with Crippen LogP contribution in [-0.2, 0) is 13.1 Å². The highest BCUT2D eigenvalue weighted by molar-refractivity contribution is 6.30. The predicted octanol–water partition coefficient (Wildman–Crippen LogP) is 6.03. The molecule has 3 aromatic carbocycles. The quantitative estimate of drug-likeness (QED) is 0.393. The van der Waals surface area contributed by atoms with Crippen molar-refractivity contribution in [2.24, 2.45) is 0 Å². The van der Waals surface area contributed by atoms with E-state index < -0.39 is 0 Å². The van der Waals surface area contributed by atoms with Crippen LogP contribution >= 0.6 is 11.6 Å². The summed E-state index contributed by atoms with van der Waals surface area (Å²) in [7, 11) is 0. The average molecular weight is 446 g/mol. The normalized spacial score (nSPS) is 10.8. The second-order valence-corrected chi connectivity index (χ2v) is 8.38. The lowest BCUT2D eigenvalue weighted by atomic mass is 10.1. The standard InChI is InChI=1S/C26H24ClN3O2/c1-17-6-8-19(9-7-17)15-30(26(32)28-23-12-10-22(27)11-13-23)16-21-14-20-5-3-4-18(2)24(20)29-25(21)31/h3-14H,15-16H2,1-2H3,(H,28,32)(H,29,31). The topological polar surface area (TPSA) is 65.2 Å². The van der Waals surface area contributed by atoms with Crippen LogP contribution in [0.25, 0.3) is 10.9 Å². The smallest absolute Gasteiger partial charge is 0.321 e. The van der Waals surface area contributed by atoms with E-state index in [9.17, 15) is 9.59 Å². The number of hydrogen-bond donors (Lipinski definition) is 2. The van der Waals surface area contributed by atoms with Crippen LogP contribution in [0.15, 0.2) is 77.6 Å². The summed E-state index contributed by atoms with van der Waals surface area (Å²) in [6.07, 6.45) is 0. The molecule has 162 valence electrons. The number of carbonyl (C=O) groups excluding carboxylic acids is 1. The Hall–Kier alpha value is -3.57. The molecule has 6 heteroatoms. The number of nitrogens with one attached hydrogen (secondary N) is 2. The Morgan fingerprint density at radius 2 is 1.69 bits per heavy atom. The van der Waals surface area contributed by atoms with Crippen molar-refractivity contribution in [2.75, 3.05) is 5.32 Å². The molecule has 0 bridgehead atoms. The van der Waals surface area contributed by atoms with Gasteiger partial charge in [-0.25, -0.2) is 4.79 Å². The fourth-order valence-corrected chi connectivity index (χ4v) is 3.73. The monoisotopic (exact) mass is 445 g/mol. The van der Waals surface area contributed by atoms with Gasteiger partial charge in [-0.15, -0.1) is 0 Å². The van der Waals surface area contributed by atoms with Crippen LogP contribution in [0.5, 0.6) is 0 Å². The maximum atomic E-state index is 13.2. The number of aromatic nitrogens is 1. The van der Waals surface area contributed by atoms with Crippen molar-refractivity contribution in [3.8, 4) is 0 Å². The number of para-hydroxylation sites is 1. The van der Waals surface area contributed by atoms with Crippen LogP contribution in [0, 0.1) is 13.8 Å². The molecule has 0 aliphatic heterocycles. The zero-order chi connectivity index (χ0) is 22.7. The van der Waals surface area contributed by atoms with E-state index in [4.69, 9.17) is 11.6 Å². The van der Waals surface area contributed by atoms with Gasteiger partial charge in [-0.05, 0) is 60.7 Å². The lowest BCUT2D eigenvalue weighted by Crippen LogP contribution is -2.35. The van der Waals surface area contributed by atoms with Gasteiger partial charge >= 0.3 is 6.03 Å². The maximum Gasteiger partial charge on any atom is 0.322 e. The van der Waals surface area contributed by atoms with Crippen LogP contribution in [0.1, 0.15) is 22.3 Å². The summed E-state index contributed by atoms with van der Waals surface area (Å²) >= 11 is 5.95. The molecule has 0 spiro atoms. The highest BCUT2D eigenvalue weighted by Gasteiger charge is 2.17. The molecular weight excluding hydrogens is 422 g/mol. The van der Waals surface area contributed by atoms with Gasteiger partial charge in [-0.1, -0.05) is 59.6 Å². The average Bonchev–Trinajstić information content (AvgIpc) is 2.77. The number of anilines is 1. The maximum absolute atomic E-state index is 13.2. The number of nitrogens with zero attached hydrogens (tertiary/aromatic N) is 1. The van der Waals surface area contributed by atoms with Crippen molar-refractivity contribution in [1.82, 2.24) is 9.88 Å². The highest BCUT2D eigenvalue weighted by Crippen LogP contribution is 2.18. The second kappa shape index (κ2) is 9.28. The van der Waals surface area contributed by atoms with Gasteiger partial charge in [-0.3, -0.25) is 4.79 Å². The number of fused-ring (bicyclic) bond motifs is 1. The van der Waals surface area contributed by atoms with Crippen LogP contribution in [-0.4, -0.2) is 15.9 Å². The van der Waals surface area contributed by atoms with E-state index in [2.05, 4.69) is 10.3 Å². The van der Waals surface area contributed by atoms with Gasteiger partial charge in [0.05, 0.1) is 12.1 Å². The summed E-state index contributed by atoms with van der Waals surface area (Å²) in [6, 6.07) is 22.4. The number of urea groups is 1. The fourth-order valence-electron chi connectivity index (χ4n) is 3.60. The molecule has 4 aromatic rings. The molecule has 0 atom stereocenters. The Kier molecular flexibility index (Phi) is 6.28. The lowest BCUT2D eigenvalue weighted by molar-refractivity contribution is 0.206. The van der Waals surface area contributed by atoms with Gasteiger partial charge in [0.25, 0.3) is 5.56 Å². The molecular formula is C26H24ClN3O2. The third-order valence-electron chi connectivity index (χ3n) is 5.40. The first-order chi connectivity index (χ1) is 15.4. The van der Waals surface area contributed by atoms with Gasteiger partial charge in [0.15, 0.2) is 0 Å². The van der Waals surface area contributed by atoms with Crippen molar-refractivity contribution in [1.29, 1.82) is 0 Å². The van der Waals surface area contributed by atoms with Gasteiger partial charge in [0.2, 0.25) is 0 Å². The lowest BCUT2D eigenvalue weighted by Gasteiger charge is -2.23. The van der Waals surface area contributed by atoms with E-state index >= 15 is 0 Å². The van der Waals surface area contributed by atoms with E-state index in [1.807, 2.05) is 62.4 Å². The van der Waals surface area contributed by atoms with Crippen molar-refractivity contribution in [3.05, 3.63) is 110 Å². The molecule has 2 amide bonds. The minimum atomic E-state index is -0.295. The summed E-state index contributed by atoms with van der Waals surface area (Å²) in [5.41, 5.74) is 4.92. The molecule has 0 saturated heterocycles. The first-order valence-electron chi connectivity index (χ1n) is 10.4. The van der Waals surface area contributed by atoms with Gasteiger partial charge in [0.1, 0.15) is 0 Å². The minimum absolute atomic E-state index is 0.173. The number of carbonyl (C=O) groups is 1. The van der Waals surface area contributed by atoms with Crippen LogP contribution < -0.4 is 10.9 Å². The van der Waals surface area contributed by atoms with Crippen LogP contribution in [0.2, 0.25) is 5.02 Å². The minimum Gasteiger partial charge on any atom is -0.321 e. The molecule has 1 aromatic heterocycles. The molecule has 0 saturated carbocycles. The zero-order valence-electron chi connectivity index (χ0n) is 18.0. The summed E-state index contributed by atoms with van der Waals surface area (Å²) < 4.78 is 0. The summed E-state index contributed by atoms with van der Waals surface area (Å²) in [5, 5.41) is 4.44. The van der Waals surface area contributed by atoms with Crippen molar-refractivity contribution < 1.29 is 4.79 Å². The van der Waals surface area contributed by atoms with Crippen molar-refractivity contribution in [3.63, 3.8) is 0 Å². The molecule has 4 rings (SSSR count). The molecule has 2 N–H and O–H groups in total. The third kappa shape index (κ3) is 5.01. The van der Waals surface area contributed by atoms with Gasteiger partial charge in [-0.2, -0.15) is 0 Å². The highest BCUT2D eigenvalue weighted by atomic mass is 35.5. The summed E-state index contributed by atoms with van der Waals surface area (Å²) in [4.78, 5) is 30.6. The molecule has 0 radical (unpaired) electrons. The summed E-state index contributed by atoms with van der Waals surface area (Å²) in [5.74, 6) is 0. The SMILES string of the molecule is Cc1ccc(CN(Cc2cc3cccc(C)c3[nH]c2=O)C(=O)Nc2ccc(Cl)cc2)cc1. The van der Waals surface area contributed by atoms with E-state index in [-0.39, 0.29) is 18.1 Å². The van der Waals surface area contributed by atoms with E-state index in [1.165, 1.54) is 0 Å². The first-order valence-corrected chi connectivity index (χ1v) is 10.8. The largest absolute Gasteiger partial charge is 0.322 e. The number of aromatic amines is 1. The Morgan fingerprint density at radius 1 is 0.969 bits per heavy atom. The Balaban J connectivity index is 1.65. The number of aryl methyl sites for hydroxylation is 2. The van der Waals surface area contributed by atoms with E-state index in [1.54, 1.807) is 29.2 Å². The zero-order valence-corrected chi connectivity index (χ0v) is 18.7. The predicted molar refractivity (Wildman–Crippen MR) is 130 cm³/mol. The fraction of sp³-hybridized carbons (Fsp3) is 0.154. The molecule has 0 unspecified atom stereocenters. The molecule has 1 heterocycles. The Bertz CT molecular complexity index is 1310. The number of rotatable bonds is 5. The van der Waals surface area contributed by atoms with Crippen LogP contribution in [0.4, 0.5) is 10.5 Å². The van der Waals surface area contributed by atoms with Gasteiger partial charge < -0.3 is 15.2 Å². The van der Waals surface area contributed by atoms with Crippen LogP contribution in [0.3, 0.4) is 0 Å². The molecule has 5 nitrogen and oxygen atoms in total. The Labute approximate surface area is 191 Å². The number of benzene rings is 3.